The van der Waals surface area contributed by atoms with Crippen molar-refractivity contribution in [3.63, 3.8) is 0 Å². The van der Waals surface area contributed by atoms with Gasteiger partial charge in [-0.1, -0.05) is 58.2 Å². The molecule has 0 aliphatic carbocycles. The summed E-state index contributed by atoms with van der Waals surface area (Å²) in [6.45, 7) is 8.15. The van der Waals surface area contributed by atoms with Crippen molar-refractivity contribution in [2.45, 2.75) is 27.8 Å². The molecule has 4 nitrogen and oxygen atoms in total. The number of hydrogen-bond donors (Lipinski definition) is 0. The Morgan fingerprint density at radius 2 is 2.04 bits per heavy atom. The fraction of sp³-hybridized carbons (Fsp3) is 0.211. The van der Waals surface area contributed by atoms with Gasteiger partial charge in [0.05, 0.1) is 0 Å². The number of benzene rings is 1. The zero-order chi connectivity index (χ0) is 15.9. The summed E-state index contributed by atoms with van der Waals surface area (Å²) < 4.78 is 0. The quantitative estimate of drug-likeness (QED) is 0.733. The highest BCUT2D eigenvalue weighted by atomic mass is 16.1. The molecule has 0 N–H and O–H groups in total. The molecule has 120 valence electrons. The van der Waals surface area contributed by atoms with Crippen molar-refractivity contribution in [1.29, 1.82) is 0 Å². The fourth-order valence-electron chi connectivity index (χ4n) is 2.17. The molecule has 0 radical (unpaired) electrons. The van der Waals surface area contributed by atoms with Gasteiger partial charge in [0, 0.05) is 18.3 Å². The van der Waals surface area contributed by atoms with Gasteiger partial charge in [0.25, 0.3) is 5.91 Å². The Morgan fingerprint density at radius 3 is 2.78 bits per heavy atom. The van der Waals surface area contributed by atoms with Gasteiger partial charge in [-0.3, -0.25) is 4.79 Å². The van der Waals surface area contributed by atoms with Crippen molar-refractivity contribution < 1.29 is 4.79 Å². The van der Waals surface area contributed by atoms with Crippen LogP contribution in [0.1, 0.15) is 32.4 Å². The summed E-state index contributed by atoms with van der Waals surface area (Å²) in [5.41, 5.74) is 1.97. The molecule has 0 atom stereocenters. The van der Waals surface area contributed by atoms with Crippen LogP contribution in [-0.2, 0) is 11.3 Å². The van der Waals surface area contributed by atoms with Crippen LogP contribution in [0.15, 0.2) is 71.3 Å². The molecule has 0 unspecified atom stereocenters. The topological polar surface area (TPSA) is 45.0 Å². The number of aliphatic imine (C=N–C) groups is 2. The van der Waals surface area contributed by atoms with E-state index in [1.807, 2.05) is 67.4 Å². The van der Waals surface area contributed by atoms with Crippen LogP contribution in [0.25, 0.3) is 0 Å². The number of hydrogen-bond acceptors (Lipinski definition) is 2. The number of carbonyl (C=O) groups is 1. The summed E-state index contributed by atoms with van der Waals surface area (Å²) in [5, 5.41) is 0. The van der Waals surface area contributed by atoms with Crippen molar-refractivity contribution >= 4 is 17.6 Å². The molecule has 3 rings (SSSR count). The first kappa shape index (κ1) is 18.3. The molecule has 4 heteroatoms. The van der Waals surface area contributed by atoms with Crippen molar-refractivity contribution in [3.05, 3.63) is 72.5 Å². The number of amidine groups is 2. The molecule has 0 bridgehead atoms. The molecule has 1 aromatic rings. The number of amides is 1. The van der Waals surface area contributed by atoms with E-state index in [4.69, 9.17) is 0 Å². The normalized spacial score (nSPS) is 16.0. The second-order valence-electron chi connectivity index (χ2n) is 4.43. The molecule has 2 aliphatic rings. The van der Waals surface area contributed by atoms with Crippen molar-refractivity contribution in [2.75, 3.05) is 0 Å². The molecule has 23 heavy (non-hydrogen) atoms. The van der Waals surface area contributed by atoms with Gasteiger partial charge in [0.2, 0.25) is 0 Å². The molecule has 2 heterocycles. The van der Waals surface area contributed by atoms with Crippen molar-refractivity contribution in [2.24, 2.45) is 9.98 Å². The second kappa shape index (κ2) is 8.63. The molecular formula is C19H23N3O. The largest absolute Gasteiger partial charge is 0.329 e. The van der Waals surface area contributed by atoms with Gasteiger partial charge >= 0.3 is 0 Å². The monoisotopic (exact) mass is 309 g/mol. The van der Waals surface area contributed by atoms with Crippen LogP contribution in [0.4, 0.5) is 0 Å². The minimum Gasteiger partial charge on any atom is -0.329 e. The fourth-order valence-corrected chi connectivity index (χ4v) is 2.17. The molecule has 1 amide bonds. The molecule has 0 spiro atoms. The predicted molar refractivity (Wildman–Crippen MR) is 97.5 cm³/mol. The average molecular weight is 309 g/mol. The van der Waals surface area contributed by atoms with E-state index in [2.05, 4.69) is 16.6 Å². The van der Waals surface area contributed by atoms with Crippen LogP contribution in [0, 0.1) is 0 Å². The Morgan fingerprint density at radius 1 is 1.30 bits per heavy atom. The van der Waals surface area contributed by atoms with Gasteiger partial charge in [-0.05, 0) is 23.8 Å². The number of nitrogens with zero attached hydrogens (tertiary/aromatic N) is 3. The van der Waals surface area contributed by atoms with Gasteiger partial charge in [0.1, 0.15) is 5.84 Å². The first-order valence-corrected chi connectivity index (χ1v) is 7.31. The van der Waals surface area contributed by atoms with E-state index in [1.165, 1.54) is 6.08 Å². The maximum Gasteiger partial charge on any atom is 0.271 e. The smallest absolute Gasteiger partial charge is 0.271 e. The Hall–Kier alpha value is -2.75. The minimum absolute atomic E-state index is 0. The summed E-state index contributed by atoms with van der Waals surface area (Å²) in [5.74, 6) is 0.824. The molecule has 2 aliphatic heterocycles. The second-order valence-corrected chi connectivity index (χ2v) is 4.43. The highest BCUT2D eigenvalue weighted by Crippen LogP contribution is 2.20. The van der Waals surface area contributed by atoms with Crippen LogP contribution >= 0.6 is 0 Å². The number of allylic oxidation sites excluding steroid dienone is 2. The van der Waals surface area contributed by atoms with Gasteiger partial charge in [-0.2, -0.15) is 4.99 Å². The Bertz CT molecular complexity index is 696. The SMILES string of the molecule is C.C=CC(=O)N=C1N=C2C=CC=CN2Cc2ccccc21.CC. The third kappa shape index (κ3) is 4.13. The van der Waals surface area contributed by atoms with E-state index in [1.54, 1.807) is 0 Å². The summed E-state index contributed by atoms with van der Waals surface area (Å²) in [6, 6.07) is 7.84. The lowest BCUT2D eigenvalue weighted by atomic mass is 10.1. The minimum atomic E-state index is -0.386. The van der Waals surface area contributed by atoms with Gasteiger partial charge < -0.3 is 4.90 Å². The molecule has 0 saturated heterocycles. The Balaban J connectivity index is 0.000000849. The van der Waals surface area contributed by atoms with Crippen LogP contribution < -0.4 is 0 Å². The van der Waals surface area contributed by atoms with E-state index in [9.17, 15) is 4.79 Å². The lowest BCUT2D eigenvalue weighted by Gasteiger charge is -2.20. The first-order chi connectivity index (χ1) is 10.8. The molecule has 1 aromatic carbocycles. The number of carbonyl (C=O) groups excluding carboxylic acids is 1. The van der Waals surface area contributed by atoms with Crippen LogP contribution in [-0.4, -0.2) is 22.5 Å². The lowest BCUT2D eigenvalue weighted by Crippen LogP contribution is -2.24. The summed E-state index contributed by atoms with van der Waals surface area (Å²) >= 11 is 0. The summed E-state index contributed by atoms with van der Waals surface area (Å²) in [7, 11) is 0. The third-order valence-corrected chi connectivity index (χ3v) is 3.13. The van der Waals surface area contributed by atoms with Gasteiger partial charge in [-0.15, -0.1) is 0 Å². The lowest BCUT2D eigenvalue weighted by molar-refractivity contribution is -0.113. The van der Waals surface area contributed by atoms with E-state index in [0.29, 0.717) is 12.4 Å². The zero-order valence-electron chi connectivity index (χ0n) is 12.9. The highest BCUT2D eigenvalue weighted by molar-refractivity contribution is 6.15. The molecule has 0 saturated carbocycles. The summed E-state index contributed by atoms with van der Waals surface area (Å²) in [4.78, 5) is 22.1. The third-order valence-electron chi connectivity index (χ3n) is 3.13. The van der Waals surface area contributed by atoms with Crippen LogP contribution in [0.5, 0.6) is 0 Å². The van der Waals surface area contributed by atoms with E-state index in [0.717, 1.165) is 17.0 Å². The Kier molecular flexibility index (Phi) is 6.87. The van der Waals surface area contributed by atoms with Crippen molar-refractivity contribution in [3.8, 4) is 0 Å². The van der Waals surface area contributed by atoms with Gasteiger partial charge in [-0.25, -0.2) is 4.99 Å². The van der Waals surface area contributed by atoms with E-state index in [-0.39, 0.29) is 13.3 Å². The van der Waals surface area contributed by atoms with Crippen LogP contribution in [0.3, 0.4) is 0 Å². The number of rotatable bonds is 1. The first-order valence-electron chi connectivity index (χ1n) is 7.31. The standard InChI is InChI=1S/C16H13N3O.C2H6.CH4/c1-2-15(20)18-16-13-8-4-3-7-12(13)11-19-10-6-5-9-14(19)17-16;1-2;/h2-10H,1,11H2;1-2H3;1H4. The maximum absolute atomic E-state index is 11.5. The maximum atomic E-state index is 11.5. The average Bonchev–Trinajstić information content (AvgIpc) is 2.73. The van der Waals surface area contributed by atoms with Gasteiger partial charge in [0.15, 0.2) is 5.84 Å². The molecule has 0 aromatic heterocycles. The van der Waals surface area contributed by atoms with Crippen LogP contribution in [0.2, 0.25) is 0 Å². The zero-order valence-corrected chi connectivity index (χ0v) is 12.9. The predicted octanol–water partition coefficient (Wildman–Crippen LogP) is 4.11. The van der Waals surface area contributed by atoms with Crippen molar-refractivity contribution in [1.82, 2.24) is 4.90 Å². The Labute approximate surface area is 138 Å². The number of fused-ring (bicyclic) bond motifs is 2. The van der Waals surface area contributed by atoms with E-state index >= 15 is 0 Å². The van der Waals surface area contributed by atoms with E-state index < -0.39 is 0 Å². The summed E-state index contributed by atoms with van der Waals surface area (Å²) in [6.07, 6.45) is 8.93. The highest BCUT2D eigenvalue weighted by Gasteiger charge is 2.19. The molecule has 0 fully saturated rings. The molecular weight excluding hydrogens is 286 g/mol.